The predicted octanol–water partition coefficient (Wildman–Crippen LogP) is 3.84. The van der Waals surface area contributed by atoms with E-state index in [1.165, 1.54) is 19.3 Å². The first-order valence-corrected chi connectivity index (χ1v) is 6.60. The highest BCUT2D eigenvalue weighted by Crippen LogP contribution is 2.33. The van der Waals surface area contributed by atoms with E-state index in [2.05, 4.69) is 0 Å². The molecular formula is C15H17NO2. The Balaban J connectivity index is 2.17. The lowest BCUT2D eigenvalue weighted by Crippen LogP contribution is -2.17. The number of fused-ring (bicyclic) bond motifs is 1. The maximum absolute atomic E-state index is 11.4. The first-order chi connectivity index (χ1) is 8.77. The van der Waals surface area contributed by atoms with Crippen LogP contribution in [0.4, 0.5) is 0 Å². The Morgan fingerprint density at radius 2 is 1.89 bits per heavy atom. The number of aromatic carboxylic acids is 1. The molecule has 0 bridgehead atoms. The molecule has 1 aliphatic rings. The molecule has 1 aromatic heterocycles. The van der Waals surface area contributed by atoms with Crippen molar-refractivity contribution in [3.05, 3.63) is 36.0 Å². The summed E-state index contributed by atoms with van der Waals surface area (Å²) in [6.07, 6.45) is 5.88. The second-order valence-corrected chi connectivity index (χ2v) is 5.06. The van der Waals surface area contributed by atoms with Crippen molar-refractivity contribution in [2.75, 3.05) is 0 Å². The van der Waals surface area contributed by atoms with Crippen molar-refractivity contribution >= 4 is 16.9 Å². The van der Waals surface area contributed by atoms with Gasteiger partial charge < -0.3 is 9.67 Å². The van der Waals surface area contributed by atoms with Crippen LogP contribution < -0.4 is 0 Å². The highest BCUT2D eigenvalue weighted by Gasteiger charge is 2.22. The van der Waals surface area contributed by atoms with Gasteiger partial charge in [0.05, 0.1) is 0 Å². The van der Waals surface area contributed by atoms with E-state index in [1.807, 2.05) is 28.8 Å². The second-order valence-electron chi connectivity index (χ2n) is 5.06. The monoisotopic (exact) mass is 243 g/mol. The van der Waals surface area contributed by atoms with Gasteiger partial charge in [-0.3, -0.25) is 0 Å². The van der Waals surface area contributed by atoms with E-state index in [9.17, 15) is 9.90 Å². The van der Waals surface area contributed by atoms with Crippen LogP contribution in [-0.4, -0.2) is 15.6 Å². The molecule has 3 heteroatoms. The number of carboxylic acid groups (broad SMARTS) is 1. The van der Waals surface area contributed by atoms with Crippen LogP contribution in [0, 0.1) is 0 Å². The molecule has 0 unspecified atom stereocenters. The van der Waals surface area contributed by atoms with Crippen LogP contribution in [0.2, 0.25) is 0 Å². The van der Waals surface area contributed by atoms with Gasteiger partial charge in [0, 0.05) is 16.9 Å². The molecule has 3 rings (SSSR count). The number of para-hydroxylation sites is 1. The van der Waals surface area contributed by atoms with Crippen LogP contribution in [-0.2, 0) is 0 Å². The Labute approximate surface area is 106 Å². The second kappa shape index (κ2) is 4.48. The zero-order valence-corrected chi connectivity index (χ0v) is 10.3. The van der Waals surface area contributed by atoms with Crippen molar-refractivity contribution < 1.29 is 9.90 Å². The maximum atomic E-state index is 11.4. The third kappa shape index (κ3) is 1.80. The number of hydrogen-bond donors (Lipinski definition) is 1. The number of rotatable bonds is 2. The molecule has 0 saturated heterocycles. The molecule has 0 radical (unpaired) electrons. The van der Waals surface area contributed by atoms with Gasteiger partial charge in [0.15, 0.2) is 0 Å². The van der Waals surface area contributed by atoms with Crippen LogP contribution in [0.3, 0.4) is 0 Å². The van der Waals surface area contributed by atoms with Crippen LogP contribution in [0.5, 0.6) is 0 Å². The van der Waals surface area contributed by atoms with Crippen LogP contribution in [0.15, 0.2) is 30.3 Å². The Bertz CT molecular complexity index is 579. The fourth-order valence-electron chi connectivity index (χ4n) is 3.07. The van der Waals surface area contributed by atoms with E-state index in [1.54, 1.807) is 6.07 Å². The van der Waals surface area contributed by atoms with Gasteiger partial charge in [0.2, 0.25) is 0 Å². The average Bonchev–Trinajstić information content (AvgIpc) is 2.79. The minimum atomic E-state index is -0.822. The predicted molar refractivity (Wildman–Crippen MR) is 71.0 cm³/mol. The summed E-state index contributed by atoms with van der Waals surface area (Å²) in [6, 6.07) is 10.1. The van der Waals surface area contributed by atoms with Crippen molar-refractivity contribution in [1.82, 2.24) is 4.57 Å². The highest BCUT2D eigenvalue weighted by molar-refractivity contribution is 5.94. The summed E-state index contributed by atoms with van der Waals surface area (Å²) in [5.74, 6) is -0.822. The number of carbonyl (C=O) groups is 1. The quantitative estimate of drug-likeness (QED) is 0.870. The molecule has 1 heterocycles. The van der Waals surface area contributed by atoms with Gasteiger partial charge >= 0.3 is 5.97 Å². The first kappa shape index (κ1) is 11.3. The third-order valence-electron chi connectivity index (χ3n) is 3.91. The van der Waals surface area contributed by atoms with Gasteiger partial charge in [-0.15, -0.1) is 0 Å². The number of benzene rings is 1. The molecule has 1 saturated carbocycles. The number of aromatic nitrogens is 1. The molecule has 1 aliphatic carbocycles. The molecule has 0 spiro atoms. The van der Waals surface area contributed by atoms with Crippen molar-refractivity contribution in [2.45, 2.75) is 38.1 Å². The number of nitrogens with zero attached hydrogens (tertiary/aromatic N) is 1. The normalized spacial score (nSPS) is 17.1. The summed E-state index contributed by atoms with van der Waals surface area (Å²) in [6.45, 7) is 0. The lowest BCUT2D eigenvalue weighted by atomic mass is 9.95. The van der Waals surface area contributed by atoms with Gasteiger partial charge in [0.25, 0.3) is 0 Å². The average molecular weight is 243 g/mol. The molecule has 18 heavy (non-hydrogen) atoms. The SMILES string of the molecule is O=C(O)c1cc2ccccc2n1C1CCCCC1. The summed E-state index contributed by atoms with van der Waals surface area (Å²) in [7, 11) is 0. The summed E-state index contributed by atoms with van der Waals surface area (Å²) in [4.78, 5) is 11.4. The standard InChI is InChI=1S/C15H17NO2/c17-15(18)14-10-11-6-4-5-9-13(11)16(14)12-7-2-1-3-8-12/h4-6,9-10,12H,1-3,7-8H2,(H,17,18). The third-order valence-corrected chi connectivity index (χ3v) is 3.91. The zero-order valence-electron chi connectivity index (χ0n) is 10.3. The smallest absolute Gasteiger partial charge is 0.352 e. The molecule has 0 amide bonds. The number of carboxylic acids is 1. The summed E-state index contributed by atoms with van der Waals surface area (Å²) >= 11 is 0. The van der Waals surface area contributed by atoms with Gasteiger partial charge in [0.1, 0.15) is 5.69 Å². The fraction of sp³-hybridized carbons (Fsp3) is 0.400. The minimum absolute atomic E-state index is 0.352. The Kier molecular flexibility index (Phi) is 2.82. The summed E-state index contributed by atoms with van der Waals surface area (Å²) in [5.41, 5.74) is 1.49. The molecule has 2 aromatic rings. The van der Waals surface area contributed by atoms with Crippen molar-refractivity contribution in [3.8, 4) is 0 Å². The van der Waals surface area contributed by atoms with E-state index in [-0.39, 0.29) is 0 Å². The fourth-order valence-corrected chi connectivity index (χ4v) is 3.07. The maximum Gasteiger partial charge on any atom is 0.352 e. The van der Waals surface area contributed by atoms with Crippen molar-refractivity contribution in [2.24, 2.45) is 0 Å². The minimum Gasteiger partial charge on any atom is -0.477 e. The lowest BCUT2D eigenvalue weighted by molar-refractivity contribution is 0.0681. The molecule has 1 aromatic carbocycles. The molecule has 1 fully saturated rings. The molecule has 0 aliphatic heterocycles. The molecule has 94 valence electrons. The van der Waals surface area contributed by atoms with E-state index in [0.717, 1.165) is 23.7 Å². The van der Waals surface area contributed by atoms with E-state index in [4.69, 9.17) is 0 Å². The molecule has 1 N–H and O–H groups in total. The molecular weight excluding hydrogens is 226 g/mol. The van der Waals surface area contributed by atoms with E-state index < -0.39 is 5.97 Å². The van der Waals surface area contributed by atoms with E-state index >= 15 is 0 Å². The van der Waals surface area contributed by atoms with Gasteiger partial charge in [-0.25, -0.2) is 4.79 Å². The van der Waals surface area contributed by atoms with Gasteiger partial charge in [-0.1, -0.05) is 37.5 Å². The topological polar surface area (TPSA) is 42.2 Å². The van der Waals surface area contributed by atoms with E-state index in [0.29, 0.717) is 11.7 Å². The first-order valence-electron chi connectivity index (χ1n) is 6.60. The highest BCUT2D eigenvalue weighted by atomic mass is 16.4. The van der Waals surface area contributed by atoms with Crippen molar-refractivity contribution in [1.29, 1.82) is 0 Å². The van der Waals surface area contributed by atoms with Gasteiger partial charge in [-0.05, 0) is 25.0 Å². The van der Waals surface area contributed by atoms with Crippen LogP contribution in [0.25, 0.3) is 10.9 Å². The van der Waals surface area contributed by atoms with Gasteiger partial charge in [-0.2, -0.15) is 0 Å². The zero-order chi connectivity index (χ0) is 12.5. The number of hydrogen-bond acceptors (Lipinski definition) is 1. The van der Waals surface area contributed by atoms with Crippen molar-refractivity contribution in [3.63, 3.8) is 0 Å². The Morgan fingerprint density at radius 1 is 1.17 bits per heavy atom. The van der Waals surface area contributed by atoms with Crippen LogP contribution in [0.1, 0.15) is 48.6 Å². The summed E-state index contributed by atoms with van der Waals surface area (Å²) in [5, 5.41) is 10.4. The summed E-state index contributed by atoms with van der Waals surface area (Å²) < 4.78 is 2.04. The molecule has 0 atom stereocenters. The Hall–Kier alpha value is -1.77. The molecule has 3 nitrogen and oxygen atoms in total. The Morgan fingerprint density at radius 3 is 2.61 bits per heavy atom. The largest absolute Gasteiger partial charge is 0.477 e. The van der Waals surface area contributed by atoms with Crippen LogP contribution >= 0.6 is 0 Å². The lowest BCUT2D eigenvalue weighted by Gasteiger charge is -2.25.